The lowest BCUT2D eigenvalue weighted by Gasteiger charge is -2.20. The summed E-state index contributed by atoms with van der Waals surface area (Å²) in [5.41, 5.74) is 0.696. The first-order valence-electron chi connectivity index (χ1n) is 7.73. The summed E-state index contributed by atoms with van der Waals surface area (Å²) in [7, 11) is 0. The summed E-state index contributed by atoms with van der Waals surface area (Å²) in [6, 6.07) is 3.75. The van der Waals surface area contributed by atoms with Crippen LogP contribution in [0.15, 0.2) is 18.3 Å². The molecular weight excluding hydrogens is 250 g/mol. The first kappa shape index (κ1) is 14.8. The molecule has 0 bridgehead atoms. The van der Waals surface area contributed by atoms with Gasteiger partial charge in [-0.15, -0.1) is 0 Å². The molecule has 2 heterocycles. The predicted molar refractivity (Wildman–Crippen MR) is 81.9 cm³/mol. The maximum absolute atomic E-state index is 12.5. The predicted octanol–water partition coefficient (Wildman–Crippen LogP) is 3.17. The molecule has 0 aromatic carbocycles. The number of hydrogen-bond donors (Lipinski definition) is 1. The number of pyridine rings is 1. The molecular formula is C16H25N3O. The third-order valence-electron chi connectivity index (χ3n) is 4.08. The number of carbonyl (C=O) groups is 1. The minimum Gasteiger partial charge on any atom is -0.370 e. The highest BCUT2D eigenvalue weighted by atomic mass is 16.2. The summed E-state index contributed by atoms with van der Waals surface area (Å²) in [4.78, 5) is 18.7. The zero-order valence-electron chi connectivity index (χ0n) is 12.6. The van der Waals surface area contributed by atoms with Crippen LogP contribution in [0.3, 0.4) is 0 Å². The van der Waals surface area contributed by atoms with E-state index in [0.717, 1.165) is 44.2 Å². The van der Waals surface area contributed by atoms with Gasteiger partial charge in [0.2, 0.25) is 0 Å². The molecule has 20 heavy (non-hydrogen) atoms. The van der Waals surface area contributed by atoms with E-state index in [1.807, 2.05) is 24.0 Å². The molecule has 1 atom stereocenters. The molecule has 0 spiro atoms. The highest BCUT2D eigenvalue weighted by Gasteiger charge is 2.20. The zero-order chi connectivity index (χ0) is 14.4. The van der Waals surface area contributed by atoms with Gasteiger partial charge in [0.05, 0.1) is 5.56 Å². The summed E-state index contributed by atoms with van der Waals surface area (Å²) < 4.78 is 0. The largest absolute Gasteiger partial charge is 0.370 e. The number of amides is 1. The van der Waals surface area contributed by atoms with Crippen molar-refractivity contribution in [3.05, 3.63) is 23.9 Å². The minimum atomic E-state index is 0.123. The van der Waals surface area contributed by atoms with Crippen molar-refractivity contribution in [3.63, 3.8) is 0 Å². The molecule has 110 valence electrons. The molecule has 4 heteroatoms. The number of rotatable bonds is 4. The SMILES string of the molecule is CCNc1ccc(C(=O)N2CCCC(CC)CC2)cn1. The van der Waals surface area contributed by atoms with E-state index in [9.17, 15) is 4.79 Å². The molecule has 1 saturated heterocycles. The van der Waals surface area contributed by atoms with Gasteiger partial charge >= 0.3 is 0 Å². The van der Waals surface area contributed by atoms with Crippen molar-refractivity contribution >= 4 is 11.7 Å². The number of aromatic nitrogens is 1. The summed E-state index contributed by atoms with van der Waals surface area (Å²) in [6.45, 7) is 6.87. The Kier molecular flexibility index (Phi) is 5.39. The Morgan fingerprint density at radius 2 is 2.20 bits per heavy atom. The van der Waals surface area contributed by atoms with Gasteiger partial charge < -0.3 is 10.2 Å². The zero-order valence-corrected chi connectivity index (χ0v) is 12.6. The maximum atomic E-state index is 12.5. The first-order chi connectivity index (χ1) is 9.74. The topological polar surface area (TPSA) is 45.2 Å². The van der Waals surface area contributed by atoms with Crippen LogP contribution in [0, 0.1) is 5.92 Å². The van der Waals surface area contributed by atoms with Crippen LogP contribution in [-0.4, -0.2) is 35.4 Å². The molecule has 1 aromatic rings. The summed E-state index contributed by atoms with van der Waals surface area (Å²) >= 11 is 0. The number of likely N-dealkylation sites (tertiary alicyclic amines) is 1. The van der Waals surface area contributed by atoms with Crippen LogP contribution < -0.4 is 5.32 Å². The lowest BCUT2D eigenvalue weighted by molar-refractivity contribution is 0.0759. The van der Waals surface area contributed by atoms with E-state index in [1.165, 1.54) is 12.8 Å². The fraction of sp³-hybridized carbons (Fsp3) is 0.625. The average molecular weight is 275 g/mol. The Morgan fingerprint density at radius 1 is 1.35 bits per heavy atom. The van der Waals surface area contributed by atoms with Crippen molar-refractivity contribution < 1.29 is 4.79 Å². The van der Waals surface area contributed by atoms with Gasteiger partial charge in [-0.25, -0.2) is 4.98 Å². The van der Waals surface area contributed by atoms with Gasteiger partial charge in [-0.2, -0.15) is 0 Å². The van der Waals surface area contributed by atoms with E-state index in [2.05, 4.69) is 17.2 Å². The first-order valence-corrected chi connectivity index (χ1v) is 7.73. The number of nitrogens with zero attached hydrogens (tertiary/aromatic N) is 2. The second kappa shape index (κ2) is 7.27. The Labute approximate surface area is 121 Å². The fourth-order valence-electron chi connectivity index (χ4n) is 2.77. The maximum Gasteiger partial charge on any atom is 0.255 e. The number of nitrogens with one attached hydrogen (secondary N) is 1. The smallest absolute Gasteiger partial charge is 0.255 e. The van der Waals surface area contributed by atoms with Gasteiger partial charge in [0.25, 0.3) is 5.91 Å². The molecule has 0 saturated carbocycles. The molecule has 1 N–H and O–H groups in total. The van der Waals surface area contributed by atoms with E-state index in [0.29, 0.717) is 5.56 Å². The van der Waals surface area contributed by atoms with E-state index in [1.54, 1.807) is 6.20 Å². The number of carbonyl (C=O) groups excluding carboxylic acids is 1. The highest BCUT2D eigenvalue weighted by molar-refractivity contribution is 5.94. The van der Waals surface area contributed by atoms with Crippen LogP contribution >= 0.6 is 0 Å². The molecule has 2 rings (SSSR count). The van der Waals surface area contributed by atoms with Gasteiger partial charge in [-0.1, -0.05) is 13.3 Å². The standard InChI is InChI=1S/C16H25N3O/c1-3-13-6-5-10-19(11-9-13)16(20)14-7-8-15(17-4-2)18-12-14/h7-8,12-13H,3-6,9-11H2,1-2H3,(H,17,18). The number of hydrogen-bond acceptors (Lipinski definition) is 3. The second-order valence-electron chi connectivity index (χ2n) is 5.46. The van der Waals surface area contributed by atoms with Crippen LogP contribution in [0.2, 0.25) is 0 Å². The summed E-state index contributed by atoms with van der Waals surface area (Å²) in [6.07, 6.45) is 6.40. The van der Waals surface area contributed by atoms with Crippen molar-refractivity contribution in [2.45, 2.75) is 39.5 Å². The Balaban J connectivity index is 1.99. The van der Waals surface area contributed by atoms with Crippen molar-refractivity contribution in [2.24, 2.45) is 5.92 Å². The number of anilines is 1. The van der Waals surface area contributed by atoms with Crippen LogP contribution in [0.1, 0.15) is 49.9 Å². The molecule has 0 aliphatic carbocycles. The molecule has 1 fully saturated rings. The van der Waals surface area contributed by atoms with Crippen LogP contribution in [0.25, 0.3) is 0 Å². The van der Waals surface area contributed by atoms with Gasteiger partial charge in [0.15, 0.2) is 0 Å². The summed E-state index contributed by atoms with van der Waals surface area (Å²) in [5.74, 6) is 1.73. The normalized spacial score (nSPS) is 19.5. The molecule has 1 unspecified atom stereocenters. The summed E-state index contributed by atoms with van der Waals surface area (Å²) in [5, 5.41) is 3.14. The van der Waals surface area contributed by atoms with Crippen LogP contribution in [0.4, 0.5) is 5.82 Å². The minimum absolute atomic E-state index is 0.123. The Hall–Kier alpha value is -1.58. The lowest BCUT2D eigenvalue weighted by Crippen LogP contribution is -2.32. The quantitative estimate of drug-likeness (QED) is 0.918. The van der Waals surface area contributed by atoms with Crippen molar-refractivity contribution in [1.82, 2.24) is 9.88 Å². The molecule has 1 aromatic heterocycles. The lowest BCUT2D eigenvalue weighted by atomic mass is 9.98. The van der Waals surface area contributed by atoms with E-state index >= 15 is 0 Å². The monoisotopic (exact) mass is 275 g/mol. The molecule has 0 radical (unpaired) electrons. The van der Waals surface area contributed by atoms with Gasteiger partial charge in [0.1, 0.15) is 5.82 Å². The third-order valence-corrected chi connectivity index (χ3v) is 4.08. The van der Waals surface area contributed by atoms with Gasteiger partial charge in [-0.05, 0) is 44.2 Å². The second-order valence-corrected chi connectivity index (χ2v) is 5.46. The molecule has 1 aliphatic heterocycles. The van der Waals surface area contributed by atoms with Gasteiger partial charge in [-0.3, -0.25) is 4.79 Å². The third kappa shape index (κ3) is 3.71. The molecule has 1 aliphatic rings. The Bertz CT molecular complexity index is 430. The fourth-order valence-corrected chi connectivity index (χ4v) is 2.77. The Morgan fingerprint density at radius 3 is 2.85 bits per heavy atom. The van der Waals surface area contributed by atoms with E-state index in [-0.39, 0.29) is 5.91 Å². The average Bonchev–Trinajstić information content (AvgIpc) is 2.73. The molecule has 4 nitrogen and oxygen atoms in total. The van der Waals surface area contributed by atoms with Crippen LogP contribution in [0.5, 0.6) is 0 Å². The van der Waals surface area contributed by atoms with Crippen molar-refractivity contribution in [1.29, 1.82) is 0 Å². The molecule has 1 amide bonds. The van der Waals surface area contributed by atoms with Crippen molar-refractivity contribution in [3.8, 4) is 0 Å². The van der Waals surface area contributed by atoms with Gasteiger partial charge in [0, 0.05) is 25.8 Å². The van der Waals surface area contributed by atoms with E-state index < -0.39 is 0 Å². The van der Waals surface area contributed by atoms with Crippen LogP contribution in [-0.2, 0) is 0 Å². The van der Waals surface area contributed by atoms with Crippen molar-refractivity contribution in [2.75, 3.05) is 25.0 Å². The van der Waals surface area contributed by atoms with E-state index in [4.69, 9.17) is 0 Å². The highest BCUT2D eigenvalue weighted by Crippen LogP contribution is 2.21.